The minimum absolute atomic E-state index is 0.102. The fraction of sp³-hybridized carbons (Fsp3) is 0.350. The first-order chi connectivity index (χ1) is 11.7. The van der Waals surface area contributed by atoms with Crippen LogP contribution in [-0.2, 0) is 16.0 Å². The number of carbonyl (C=O) groups excluding carboxylic acids is 3. The van der Waals surface area contributed by atoms with Crippen molar-refractivity contribution in [3.05, 3.63) is 57.9 Å². The summed E-state index contributed by atoms with van der Waals surface area (Å²) in [6, 6.07) is 7.55. The number of hydrogen-bond acceptors (Lipinski definition) is 4. The van der Waals surface area contributed by atoms with E-state index >= 15 is 0 Å². The summed E-state index contributed by atoms with van der Waals surface area (Å²) in [5.41, 5.74) is 3.95. The third-order valence-electron chi connectivity index (χ3n) is 4.31. The number of nitrogens with one attached hydrogen (secondary N) is 1. The van der Waals surface area contributed by atoms with Gasteiger partial charge in [0.2, 0.25) is 5.78 Å². The number of aromatic nitrogens is 1. The number of ketones is 2. The molecule has 0 aliphatic heterocycles. The van der Waals surface area contributed by atoms with Crippen molar-refractivity contribution >= 4 is 17.5 Å². The maximum absolute atomic E-state index is 12.6. The van der Waals surface area contributed by atoms with Gasteiger partial charge >= 0.3 is 5.97 Å². The number of aromatic amines is 1. The highest BCUT2D eigenvalue weighted by molar-refractivity contribution is 6.05. The number of H-pyrrole nitrogens is 1. The lowest BCUT2D eigenvalue weighted by molar-refractivity contribution is -0.145. The van der Waals surface area contributed by atoms with Gasteiger partial charge in [-0.3, -0.25) is 14.4 Å². The molecule has 0 saturated heterocycles. The van der Waals surface area contributed by atoms with Crippen LogP contribution in [0, 0.1) is 20.8 Å². The maximum atomic E-state index is 12.6. The van der Waals surface area contributed by atoms with Gasteiger partial charge in [0.25, 0.3) is 0 Å². The largest absolute Gasteiger partial charge is 0.454 e. The van der Waals surface area contributed by atoms with Gasteiger partial charge in [-0.1, -0.05) is 24.3 Å². The molecule has 2 rings (SSSR count). The molecule has 0 bridgehead atoms. The molecule has 0 aliphatic rings. The Morgan fingerprint density at radius 1 is 1.12 bits per heavy atom. The molecule has 0 unspecified atom stereocenters. The van der Waals surface area contributed by atoms with Gasteiger partial charge in [-0.25, -0.2) is 0 Å². The van der Waals surface area contributed by atoms with Gasteiger partial charge in [0, 0.05) is 11.3 Å². The second kappa shape index (κ2) is 7.47. The van der Waals surface area contributed by atoms with Crippen LogP contribution in [0.3, 0.4) is 0 Å². The second-order valence-corrected chi connectivity index (χ2v) is 6.28. The molecule has 5 nitrogen and oxygen atoms in total. The predicted molar refractivity (Wildman–Crippen MR) is 95.0 cm³/mol. The molecule has 0 radical (unpaired) electrons. The van der Waals surface area contributed by atoms with E-state index in [1.54, 1.807) is 20.8 Å². The molecule has 1 aromatic heterocycles. The maximum Gasteiger partial charge on any atom is 0.310 e. The summed E-state index contributed by atoms with van der Waals surface area (Å²) in [5.74, 6) is -0.899. The van der Waals surface area contributed by atoms with E-state index in [2.05, 4.69) is 4.98 Å². The summed E-state index contributed by atoms with van der Waals surface area (Å²) in [6.07, 6.45) is -0.806. The Morgan fingerprint density at radius 3 is 2.32 bits per heavy atom. The molecule has 25 heavy (non-hydrogen) atoms. The standard InChI is InChI=1S/C20H23NO4/c1-11-8-6-7-9-16(11)10-17(23)25-15(5)20(24)19-12(2)18(14(4)22)13(3)21-19/h6-9,15,21H,10H2,1-5H3/t15-/m0/s1. The van der Waals surface area contributed by atoms with Crippen LogP contribution in [-0.4, -0.2) is 28.6 Å². The number of hydrogen-bond donors (Lipinski definition) is 1. The van der Waals surface area contributed by atoms with Crippen molar-refractivity contribution in [1.82, 2.24) is 4.98 Å². The first-order valence-corrected chi connectivity index (χ1v) is 8.20. The SMILES string of the molecule is CC(=O)c1c(C)[nH]c(C(=O)[C@H](C)OC(=O)Cc2ccccc2C)c1C. The molecule has 1 atom stereocenters. The lowest BCUT2D eigenvalue weighted by atomic mass is 10.0. The van der Waals surface area contributed by atoms with Gasteiger partial charge in [0.1, 0.15) is 0 Å². The number of benzene rings is 1. The van der Waals surface area contributed by atoms with E-state index in [0.717, 1.165) is 11.1 Å². The van der Waals surface area contributed by atoms with Crippen LogP contribution in [0.15, 0.2) is 24.3 Å². The van der Waals surface area contributed by atoms with Crippen LogP contribution in [0.1, 0.15) is 57.1 Å². The fourth-order valence-corrected chi connectivity index (χ4v) is 2.98. The molecule has 0 saturated carbocycles. The Kier molecular flexibility index (Phi) is 5.57. The van der Waals surface area contributed by atoms with E-state index in [9.17, 15) is 14.4 Å². The zero-order valence-corrected chi connectivity index (χ0v) is 15.2. The van der Waals surface area contributed by atoms with Gasteiger partial charge < -0.3 is 9.72 Å². The normalized spacial score (nSPS) is 11.9. The third kappa shape index (κ3) is 4.05. The molecule has 1 N–H and O–H groups in total. The van der Waals surface area contributed by atoms with Gasteiger partial charge in [0.15, 0.2) is 11.9 Å². The summed E-state index contributed by atoms with van der Waals surface area (Å²) in [6.45, 7) is 8.39. The van der Waals surface area contributed by atoms with E-state index in [1.807, 2.05) is 31.2 Å². The molecule has 0 spiro atoms. The van der Waals surface area contributed by atoms with Crippen LogP contribution >= 0.6 is 0 Å². The van der Waals surface area contributed by atoms with E-state index < -0.39 is 12.1 Å². The first-order valence-electron chi connectivity index (χ1n) is 8.20. The Hall–Kier alpha value is -2.69. The van der Waals surface area contributed by atoms with E-state index in [4.69, 9.17) is 4.74 Å². The highest BCUT2D eigenvalue weighted by Crippen LogP contribution is 2.20. The molecule has 2 aromatic rings. The van der Waals surface area contributed by atoms with Crippen molar-refractivity contribution in [2.75, 3.05) is 0 Å². The topological polar surface area (TPSA) is 76.2 Å². The Morgan fingerprint density at radius 2 is 1.76 bits per heavy atom. The monoisotopic (exact) mass is 341 g/mol. The van der Waals surface area contributed by atoms with Crippen molar-refractivity contribution in [2.24, 2.45) is 0 Å². The minimum atomic E-state index is -0.923. The lowest BCUT2D eigenvalue weighted by Crippen LogP contribution is -2.26. The fourth-order valence-electron chi connectivity index (χ4n) is 2.98. The molecule has 1 aromatic carbocycles. The Bertz CT molecular complexity index is 832. The molecule has 0 aliphatic carbocycles. The van der Waals surface area contributed by atoms with Crippen molar-refractivity contribution in [2.45, 2.75) is 47.1 Å². The summed E-state index contributed by atoms with van der Waals surface area (Å²) in [7, 11) is 0. The van der Waals surface area contributed by atoms with Crippen LogP contribution in [0.2, 0.25) is 0 Å². The predicted octanol–water partition coefficient (Wildman–Crippen LogP) is 3.50. The van der Waals surface area contributed by atoms with E-state index in [1.165, 1.54) is 6.92 Å². The zero-order valence-electron chi connectivity index (χ0n) is 15.2. The van der Waals surface area contributed by atoms with E-state index in [-0.39, 0.29) is 18.0 Å². The Labute approximate surface area is 147 Å². The second-order valence-electron chi connectivity index (χ2n) is 6.28. The highest BCUT2D eigenvalue weighted by atomic mass is 16.5. The van der Waals surface area contributed by atoms with Gasteiger partial charge in [-0.05, 0) is 51.3 Å². The molecule has 0 amide bonds. The van der Waals surface area contributed by atoms with Crippen molar-refractivity contribution < 1.29 is 19.1 Å². The van der Waals surface area contributed by atoms with Crippen molar-refractivity contribution in [3.63, 3.8) is 0 Å². The van der Waals surface area contributed by atoms with Gasteiger partial charge in [0.05, 0.1) is 12.1 Å². The minimum Gasteiger partial charge on any atom is -0.454 e. The molecular formula is C20H23NO4. The zero-order chi connectivity index (χ0) is 18.7. The quantitative estimate of drug-likeness (QED) is 0.644. The summed E-state index contributed by atoms with van der Waals surface area (Å²) >= 11 is 0. The Balaban J connectivity index is 2.10. The van der Waals surface area contributed by atoms with Crippen LogP contribution in [0.4, 0.5) is 0 Å². The van der Waals surface area contributed by atoms with Crippen LogP contribution < -0.4 is 0 Å². The molecule has 0 fully saturated rings. The third-order valence-corrected chi connectivity index (χ3v) is 4.31. The first kappa shape index (κ1) is 18.6. The summed E-state index contributed by atoms with van der Waals surface area (Å²) in [4.78, 5) is 39.4. The summed E-state index contributed by atoms with van der Waals surface area (Å²) < 4.78 is 5.30. The van der Waals surface area contributed by atoms with Crippen molar-refractivity contribution in [1.29, 1.82) is 0 Å². The summed E-state index contributed by atoms with van der Waals surface area (Å²) in [5, 5.41) is 0. The molecule has 1 heterocycles. The van der Waals surface area contributed by atoms with Crippen molar-refractivity contribution in [3.8, 4) is 0 Å². The average molecular weight is 341 g/mol. The van der Waals surface area contributed by atoms with Crippen LogP contribution in [0.25, 0.3) is 0 Å². The number of carbonyl (C=O) groups is 3. The number of esters is 1. The van der Waals surface area contributed by atoms with E-state index in [0.29, 0.717) is 22.5 Å². The lowest BCUT2D eigenvalue weighted by Gasteiger charge is -2.13. The van der Waals surface area contributed by atoms with Gasteiger partial charge in [-0.15, -0.1) is 0 Å². The highest BCUT2D eigenvalue weighted by Gasteiger charge is 2.26. The average Bonchev–Trinajstić information content (AvgIpc) is 2.83. The molecular weight excluding hydrogens is 318 g/mol. The molecule has 132 valence electrons. The number of Topliss-reactive ketones (excluding diaryl/α,β-unsaturated/α-hetero) is 2. The number of ether oxygens (including phenoxy) is 1. The molecule has 5 heteroatoms. The van der Waals surface area contributed by atoms with Gasteiger partial charge in [-0.2, -0.15) is 0 Å². The number of aryl methyl sites for hydroxylation is 2. The van der Waals surface area contributed by atoms with Crippen LogP contribution in [0.5, 0.6) is 0 Å². The smallest absolute Gasteiger partial charge is 0.310 e. The number of rotatable bonds is 6.